The van der Waals surface area contributed by atoms with E-state index in [0.717, 1.165) is 11.0 Å². The second-order valence-electron chi connectivity index (χ2n) is 5.61. The zero-order valence-corrected chi connectivity index (χ0v) is 12.8. The molecule has 0 saturated carbocycles. The van der Waals surface area contributed by atoms with E-state index >= 15 is 0 Å². The first-order valence-corrected chi connectivity index (χ1v) is 7.39. The van der Waals surface area contributed by atoms with Crippen LogP contribution in [0.2, 0.25) is 0 Å². The number of para-hydroxylation sites is 2. The number of fused-ring (bicyclic) bond motifs is 1. The van der Waals surface area contributed by atoms with Crippen LogP contribution in [0, 0.1) is 5.41 Å². The topological polar surface area (TPSA) is 85.2 Å². The maximum absolute atomic E-state index is 10.2. The summed E-state index contributed by atoms with van der Waals surface area (Å²) in [4.78, 5) is 9.42. The Balaban J connectivity index is 1.78. The molecule has 0 radical (unpaired) electrons. The number of benzene rings is 1. The molecule has 1 aromatic carbocycles. The lowest BCUT2D eigenvalue weighted by Crippen LogP contribution is -2.31. The van der Waals surface area contributed by atoms with Gasteiger partial charge in [-0.15, -0.1) is 0 Å². The number of aromatic amines is 1. The highest BCUT2D eigenvalue weighted by atomic mass is 16.5. The van der Waals surface area contributed by atoms with Gasteiger partial charge in [0, 0.05) is 6.54 Å². The van der Waals surface area contributed by atoms with Crippen LogP contribution in [0.15, 0.2) is 30.0 Å². The molecule has 3 N–H and O–H groups in total. The highest BCUT2D eigenvalue weighted by Crippen LogP contribution is 2.26. The predicted octanol–water partition coefficient (Wildman–Crippen LogP) is 2.55. The second-order valence-corrected chi connectivity index (χ2v) is 5.61. The number of nitrogens with zero attached hydrogens (tertiary/aromatic N) is 2. The van der Waals surface area contributed by atoms with Gasteiger partial charge in [0.25, 0.3) is 0 Å². The number of aromatic nitrogens is 2. The summed E-state index contributed by atoms with van der Waals surface area (Å²) < 4.78 is 5.51. The molecule has 0 spiro atoms. The van der Waals surface area contributed by atoms with Gasteiger partial charge in [-0.2, -0.15) is 0 Å². The summed E-state index contributed by atoms with van der Waals surface area (Å²) in [6.45, 7) is 5.38. The second kappa shape index (κ2) is 5.81. The number of aliphatic hydroxyl groups is 1. The van der Waals surface area contributed by atoms with E-state index in [1.165, 1.54) is 0 Å². The van der Waals surface area contributed by atoms with Gasteiger partial charge in [0.05, 0.1) is 35.9 Å². The van der Waals surface area contributed by atoms with E-state index in [2.05, 4.69) is 9.97 Å². The van der Waals surface area contributed by atoms with Crippen molar-refractivity contribution in [3.8, 4) is 0 Å². The monoisotopic (exact) mass is 300 g/mol. The number of ether oxygens (including phenoxy) is 1. The van der Waals surface area contributed by atoms with Crippen LogP contribution < -0.4 is 0 Å². The molecular weight excluding hydrogens is 280 g/mol. The molecular formula is C16H20N4O2. The molecule has 0 bridgehead atoms. The normalized spacial score (nSPS) is 15.6. The Kier molecular flexibility index (Phi) is 3.85. The molecule has 0 amide bonds. The average Bonchev–Trinajstić information content (AvgIpc) is 2.99. The van der Waals surface area contributed by atoms with Crippen LogP contribution in [0.25, 0.3) is 16.6 Å². The van der Waals surface area contributed by atoms with Crippen LogP contribution in [-0.4, -0.2) is 51.6 Å². The molecule has 3 rings (SSSR count). The van der Waals surface area contributed by atoms with Crippen molar-refractivity contribution in [1.82, 2.24) is 14.9 Å². The first kappa shape index (κ1) is 14.6. The van der Waals surface area contributed by atoms with Crippen molar-refractivity contribution >= 4 is 22.4 Å². The van der Waals surface area contributed by atoms with E-state index in [4.69, 9.17) is 10.1 Å². The Hall–Kier alpha value is -2.34. The quantitative estimate of drug-likeness (QED) is 0.792. The maximum atomic E-state index is 10.2. The number of amidine groups is 1. The number of aliphatic hydroxyl groups excluding tert-OH is 1. The van der Waals surface area contributed by atoms with Gasteiger partial charge in [-0.1, -0.05) is 12.1 Å². The predicted molar refractivity (Wildman–Crippen MR) is 86.0 cm³/mol. The fourth-order valence-electron chi connectivity index (χ4n) is 2.54. The number of imidazole rings is 1. The molecule has 1 aliphatic rings. The molecule has 0 aliphatic carbocycles. The maximum Gasteiger partial charge on any atom is 0.145 e. The Morgan fingerprint density at radius 2 is 2.18 bits per heavy atom. The summed E-state index contributed by atoms with van der Waals surface area (Å²) in [6.07, 6.45) is 0.160. The van der Waals surface area contributed by atoms with Crippen LogP contribution in [0.4, 0.5) is 0 Å². The van der Waals surface area contributed by atoms with Crippen molar-refractivity contribution in [1.29, 1.82) is 5.41 Å². The molecule has 0 fully saturated rings. The highest BCUT2D eigenvalue weighted by Gasteiger charge is 2.30. The van der Waals surface area contributed by atoms with Gasteiger partial charge in [0.15, 0.2) is 0 Å². The summed E-state index contributed by atoms with van der Waals surface area (Å²) in [5.74, 6) is 0.994. The van der Waals surface area contributed by atoms with E-state index in [9.17, 15) is 5.11 Å². The summed E-state index contributed by atoms with van der Waals surface area (Å²) in [6, 6.07) is 7.67. The van der Waals surface area contributed by atoms with Gasteiger partial charge in [-0.3, -0.25) is 5.41 Å². The fraction of sp³-hybridized carbons (Fsp3) is 0.375. The Bertz CT molecular complexity index is 700. The molecule has 0 saturated heterocycles. The Labute approximate surface area is 128 Å². The lowest BCUT2D eigenvalue weighted by atomic mass is 10.2. The molecule has 6 heteroatoms. The standard InChI is InChI=1S/C16H20N4O2/c1-10(2)22-8-7-20-9-13(21)14(15(20)17)16-18-11-5-3-4-6-12(11)19-16/h3-6,10,17,21H,7-9H2,1-2H3,(H,18,19). The van der Waals surface area contributed by atoms with Crippen LogP contribution in [0.3, 0.4) is 0 Å². The minimum Gasteiger partial charge on any atom is -0.510 e. The largest absolute Gasteiger partial charge is 0.510 e. The summed E-state index contributed by atoms with van der Waals surface area (Å²) in [7, 11) is 0. The van der Waals surface area contributed by atoms with Gasteiger partial charge in [-0.05, 0) is 26.0 Å². The molecule has 1 aromatic heterocycles. The molecule has 0 atom stereocenters. The van der Waals surface area contributed by atoms with E-state index < -0.39 is 0 Å². The number of H-pyrrole nitrogens is 1. The van der Waals surface area contributed by atoms with Crippen LogP contribution >= 0.6 is 0 Å². The lowest BCUT2D eigenvalue weighted by Gasteiger charge is -2.19. The Morgan fingerprint density at radius 1 is 1.41 bits per heavy atom. The van der Waals surface area contributed by atoms with E-state index in [1.807, 2.05) is 38.1 Å². The lowest BCUT2D eigenvalue weighted by molar-refractivity contribution is 0.0705. The smallest absolute Gasteiger partial charge is 0.145 e. The fourth-order valence-corrected chi connectivity index (χ4v) is 2.54. The van der Waals surface area contributed by atoms with Gasteiger partial charge in [-0.25, -0.2) is 4.98 Å². The zero-order valence-electron chi connectivity index (χ0n) is 12.8. The van der Waals surface area contributed by atoms with Crippen LogP contribution in [0.1, 0.15) is 19.7 Å². The first-order chi connectivity index (χ1) is 10.6. The van der Waals surface area contributed by atoms with Crippen LogP contribution in [-0.2, 0) is 4.74 Å². The summed E-state index contributed by atoms with van der Waals surface area (Å²) in [5.41, 5.74) is 2.19. The minimum absolute atomic E-state index is 0.160. The SMILES string of the molecule is CC(C)OCCN1CC(O)=C(c2nc3ccccc3[nH]2)C1=N. The molecule has 0 unspecified atom stereocenters. The number of nitrogens with one attached hydrogen (secondary N) is 2. The number of rotatable bonds is 5. The van der Waals surface area contributed by atoms with Crippen molar-refractivity contribution in [2.24, 2.45) is 0 Å². The van der Waals surface area contributed by atoms with Gasteiger partial charge in [0.1, 0.15) is 17.4 Å². The first-order valence-electron chi connectivity index (χ1n) is 7.39. The third-order valence-corrected chi connectivity index (χ3v) is 3.62. The average molecular weight is 300 g/mol. The summed E-state index contributed by atoms with van der Waals surface area (Å²) in [5, 5.41) is 18.5. The van der Waals surface area contributed by atoms with Crippen molar-refractivity contribution in [3.05, 3.63) is 35.8 Å². The molecule has 116 valence electrons. The third kappa shape index (κ3) is 2.69. The molecule has 1 aliphatic heterocycles. The molecule has 6 nitrogen and oxygen atoms in total. The number of hydrogen-bond donors (Lipinski definition) is 3. The third-order valence-electron chi connectivity index (χ3n) is 3.62. The van der Waals surface area contributed by atoms with E-state index in [-0.39, 0.29) is 17.7 Å². The summed E-state index contributed by atoms with van der Waals surface area (Å²) >= 11 is 0. The minimum atomic E-state index is 0.160. The zero-order chi connectivity index (χ0) is 15.7. The van der Waals surface area contributed by atoms with Crippen molar-refractivity contribution < 1.29 is 9.84 Å². The van der Waals surface area contributed by atoms with Crippen LogP contribution in [0.5, 0.6) is 0 Å². The molecule has 2 heterocycles. The molecule has 2 aromatic rings. The van der Waals surface area contributed by atoms with Gasteiger partial charge < -0.3 is 19.7 Å². The molecule has 22 heavy (non-hydrogen) atoms. The number of hydrogen-bond acceptors (Lipinski definition) is 4. The van der Waals surface area contributed by atoms with Gasteiger partial charge >= 0.3 is 0 Å². The Morgan fingerprint density at radius 3 is 2.91 bits per heavy atom. The van der Waals surface area contributed by atoms with Crippen molar-refractivity contribution in [2.45, 2.75) is 20.0 Å². The van der Waals surface area contributed by atoms with Crippen molar-refractivity contribution in [3.63, 3.8) is 0 Å². The van der Waals surface area contributed by atoms with Crippen molar-refractivity contribution in [2.75, 3.05) is 19.7 Å². The van der Waals surface area contributed by atoms with E-state index in [0.29, 0.717) is 31.1 Å². The highest BCUT2D eigenvalue weighted by molar-refractivity contribution is 6.23. The van der Waals surface area contributed by atoms with E-state index in [1.54, 1.807) is 4.90 Å². The van der Waals surface area contributed by atoms with Gasteiger partial charge in [0.2, 0.25) is 0 Å².